The molecule has 30 heavy (non-hydrogen) atoms. The average molecular weight is 466 g/mol. The van der Waals surface area contributed by atoms with Gasteiger partial charge in [0.2, 0.25) is 0 Å². The van der Waals surface area contributed by atoms with Crippen LogP contribution in [0.2, 0.25) is 5.02 Å². The van der Waals surface area contributed by atoms with Gasteiger partial charge in [-0.1, -0.05) is 29.3 Å². The van der Waals surface area contributed by atoms with Gasteiger partial charge in [-0.15, -0.1) is 12.4 Å². The van der Waals surface area contributed by atoms with E-state index in [1.165, 1.54) is 5.56 Å². The van der Waals surface area contributed by atoms with Gasteiger partial charge in [0.25, 0.3) is 0 Å². The average Bonchev–Trinajstić information content (AvgIpc) is 2.95. The molecular formula is C22H23Cl3N4O. The number of fused-ring (bicyclic) bond motifs is 3. The molecule has 1 aromatic heterocycles. The van der Waals surface area contributed by atoms with Gasteiger partial charge in [-0.05, 0) is 56.0 Å². The maximum Gasteiger partial charge on any atom is 0.121 e. The minimum atomic E-state index is 0. The zero-order valence-electron chi connectivity index (χ0n) is 16.3. The molecule has 8 heteroatoms. The summed E-state index contributed by atoms with van der Waals surface area (Å²) in [5, 5.41) is 16.0. The smallest absolute Gasteiger partial charge is 0.121 e. The lowest BCUT2D eigenvalue weighted by Crippen LogP contribution is -2.28. The molecule has 0 radical (unpaired) electrons. The Kier molecular flexibility index (Phi) is 6.42. The molecule has 0 unspecified atom stereocenters. The van der Waals surface area contributed by atoms with Crippen LogP contribution in [0, 0.1) is 5.92 Å². The molecule has 0 amide bonds. The number of hydrogen-bond donors (Lipinski definition) is 2. The van der Waals surface area contributed by atoms with Crippen molar-refractivity contribution in [1.29, 1.82) is 0 Å². The molecule has 0 bridgehead atoms. The summed E-state index contributed by atoms with van der Waals surface area (Å²) in [6.45, 7) is 1.31. The van der Waals surface area contributed by atoms with E-state index in [0.717, 1.165) is 58.5 Å². The van der Waals surface area contributed by atoms with Crippen LogP contribution in [0.5, 0.6) is 5.75 Å². The molecule has 1 fully saturated rings. The monoisotopic (exact) mass is 464 g/mol. The van der Waals surface area contributed by atoms with Gasteiger partial charge in [-0.25, -0.2) is 0 Å². The summed E-state index contributed by atoms with van der Waals surface area (Å²) in [5.41, 5.74) is 3.36. The number of nitrogens with one attached hydrogen (secondary N) is 2. The first kappa shape index (κ1) is 21.3. The summed E-state index contributed by atoms with van der Waals surface area (Å²) in [4.78, 5) is 3.55. The SMILES string of the molecule is Cl.ClC1=CCNc2c3c([nH]c2=C1)=C([C@H]1CC[C@H](Oc2cccc(Cl)c2)CC1)N=NC3. The first-order valence-corrected chi connectivity index (χ1v) is 10.8. The number of aromatic amines is 1. The number of aromatic nitrogens is 1. The van der Waals surface area contributed by atoms with Crippen LogP contribution in [0.4, 0.5) is 5.69 Å². The van der Waals surface area contributed by atoms with Gasteiger partial charge < -0.3 is 15.0 Å². The van der Waals surface area contributed by atoms with Gasteiger partial charge in [0.15, 0.2) is 0 Å². The standard InChI is InChI=1S/C22H22Cl2N4O.ClH/c23-14-2-1-3-17(10-14)29-16-6-4-13(5-7-16)20-22-18(12-26-28-20)21-19(27-22)11-15(24)8-9-25-21;/h1-3,8,10-11,13,16,25,27H,4-7,9,12H2;1H/t13-,16-;. The van der Waals surface area contributed by atoms with E-state index in [1.807, 2.05) is 36.4 Å². The van der Waals surface area contributed by atoms with Gasteiger partial charge >= 0.3 is 0 Å². The lowest BCUT2D eigenvalue weighted by Gasteiger charge is -2.29. The van der Waals surface area contributed by atoms with Gasteiger partial charge in [-0.2, -0.15) is 10.2 Å². The Morgan fingerprint density at radius 1 is 1.10 bits per heavy atom. The van der Waals surface area contributed by atoms with Crippen molar-refractivity contribution in [2.24, 2.45) is 16.1 Å². The molecule has 5 nitrogen and oxygen atoms in total. The van der Waals surface area contributed by atoms with Crippen molar-refractivity contribution in [3.8, 4) is 5.75 Å². The van der Waals surface area contributed by atoms with Crippen LogP contribution in [0.25, 0.3) is 11.8 Å². The highest BCUT2D eigenvalue weighted by atomic mass is 35.5. The predicted molar refractivity (Wildman–Crippen MR) is 124 cm³/mol. The minimum absolute atomic E-state index is 0. The Balaban J connectivity index is 0.00000218. The third-order valence-corrected chi connectivity index (χ3v) is 6.31. The molecule has 0 spiro atoms. The van der Waals surface area contributed by atoms with Crippen LogP contribution in [0.15, 0.2) is 45.6 Å². The van der Waals surface area contributed by atoms with Crippen LogP contribution in [-0.2, 0) is 6.54 Å². The predicted octanol–water partition coefficient (Wildman–Crippen LogP) is 5.13. The highest BCUT2D eigenvalue weighted by Crippen LogP contribution is 2.34. The second-order valence-corrected chi connectivity index (χ2v) is 8.59. The molecule has 5 rings (SSSR count). The molecule has 2 aliphatic heterocycles. The molecule has 1 saturated carbocycles. The van der Waals surface area contributed by atoms with Crippen molar-refractivity contribution in [3.63, 3.8) is 0 Å². The van der Waals surface area contributed by atoms with Crippen LogP contribution < -0.4 is 20.8 Å². The van der Waals surface area contributed by atoms with Crippen LogP contribution in [0.1, 0.15) is 31.2 Å². The molecular weight excluding hydrogens is 443 g/mol. The quantitative estimate of drug-likeness (QED) is 0.660. The molecule has 0 atom stereocenters. The van der Waals surface area contributed by atoms with Gasteiger partial charge in [0, 0.05) is 28.1 Å². The Morgan fingerprint density at radius 2 is 1.93 bits per heavy atom. The molecule has 2 aromatic rings. The third-order valence-electron chi connectivity index (χ3n) is 5.81. The van der Waals surface area contributed by atoms with E-state index in [0.29, 0.717) is 24.0 Å². The van der Waals surface area contributed by atoms with Crippen molar-refractivity contribution in [2.45, 2.75) is 38.3 Å². The Hall–Kier alpha value is -1.95. The zero-order valence-corrected chi connectivity index (χ0v) is 18.7. The number of halogens is 3. The number of hydrogen-bond acceptors (Lipinski definition) is 4. The third kappa shape index (κ3) is 4.25. The van der Waals surface area contributed by atoms with Crippen molar-refractivity contribution in [3.05, 3.63) is 56.7 Å². The zero-order chi connectivity index (χ0) is 19.8. The number of azo groups is 1. The fourth-order valence-electron chi connectivity index (χ4n) is 4.40. The topological polar surface area (TPSA) is 61.8 Å². The number of benzene rings is 1. The fraction of sp³-hybridized carbons (Fsp3) is 0.364. The van der Waals surface area contributed by atoms with Crippen molar-refractivity contribution < 1.29 is 4.74 Å². The Morgan fingerprint density at radius 3 is 2.73 bits per heavy atom. The van der Waals surface area contributed by atoms with E-state index in [4.69, 9.17) is 27.9 Å². The summed E-state index contributed by atoms with van der Waals surface area (Å²) < 4.78 is 6.14. The summed E-state index contributed by atoms with van der Waals surface area (Å²) in [5.74, 6) is 1.22. The summed E-state index contributed by atoms with van der Waals surface area (Å²) in [6.07, 6.45) is 8.20. The maximum atomic E-state index is 6.26. The molecule has 3 aliphatic rings. The number of allylic oxidation sites excluding steroid dienone is 1. The lowest BCUT2D eigenvalue weighted by molar-refractivity contribution is 0.142. The van der Waals surface area contributed by atoms with Crippen LogP contribution >= 0.6 is 35.6 Å². The highest BCUT2D eigenvalue weighted by Gasteiger charge is 2.28. The normalized spacial score (nSPS) is 22.5. The second-order valence-electron chi connectivity index (χ2n) is 7.72. The van der Waals surface area contributed by atoms with Gasteiger partial charge in [0.05, 0.1) is 34.7 Å². The summed E-state index contributed by atoms with van der Waals surface area (Å²) >= 11 is 12.3. The van der Waals surface area contributed by atoms with Gasteiger partial charge in [-0.3, -0.25) is 0 Å². The number of H-pyrrole nitrogens is 1. The molecule has 0 saturated heterocycles. The second kappa shape index (κ2) is 9.04. The first-order chi connectivity index (χ1) is 14.2. The largest absolute Gasteiger partial charge is 0.490 e. The minimum Gasteiger partial charge on any atom is -0.490 e. The van der Waals surface area contributed by atoms with E-state index in [9.17, 15) is 0 Å². The van der Waals surface area contributed by atoms with Crippen molar-refractivity contribution >= 4 is 53.1 Å². The van der Waals surface area contributed by atoms with E-state index < -0.39 is 0 Å². The van der Waals surface area contributed by atoms with E-state index in [1.54, 1.807) is 0 Å². The maximum absolute atomic E-state index is 6.26. The van der Waals surface area contributed by atoms with E-state index in [-0.39, 0.29) is 18.5 Å². The van der Waals surface area contributed by atoms with Crippen molar-refractivity contribution in [1.82, 2.24) is 4.98 Å². The van der Waals surface area contributed by atoms with Gasteiger partial charge in [0.1, 0.15) is 5.75 Å². The highest BCUT2D eigenvalue weighted by molar-refractivity contribution is 6.34. The first-order valence-electron chi connectivity index (χ1n) is 10.0. The lowest BCUT2D eigenvalue weighted by atomic mass is 9.84. The number of nitrogens with zero attached hydrogens (tertiary/aromatic N) is 2. The number of anilines is 1. The van der Waals surface area contributed by atoms with E-state index in [2.05, 4.69) is 20.5 Å². The molecule has 1 aliphatic carbocycles. The molecule has 1 aromatic carbocycles. The molecule has 158 valence electrons. The van der Waals surface area contributed by atoms with Crippen LogP contribution in [0.3, 0.4) is 0 Å². The summed E-state index contributed by atoms with van der Waals surface area (Å²) in [6, 6.07) is 7.62. The Bertz CT molecular complexity index is 1110. The Labute approximate surface area is 191 Å². The van der Waals surface area contributed by atoms with Crippen molar-refractivity contribution in [2.75, 3.05) is 11.9 Å². The molecule has 2 N–H and O–H groups in total. The summed E-state index contributed by atoms with van der Waals surface area (Å²) in [7, 11) is 0. The van der Waals surface area contributed by atoms with E-state index >= 15 is 0 Å². The van der Waals surface area contributed by atoms with Crippen LogP contribution in [-0.4, -0.2) is 17.6 Å². The number of ether oxygens (including phenoxy) is 1. The molecule has 3 heterocycles. The fourth-order valence-corrected chi connectivity index (χ4v) is 4.77. The number of rotatable bonds is 3.